The molecule has 0 radical (unpaired) electrons. The zero-order valence-electron chi connectivity index (χ0n) is 15.6. The van der Waals surface area contributed by atoms with E-state index in [1.54, 1.807) is 0 Å². The normalized spacial score (nSPS) is 24.8. The van der Waals surface area contributed by atoms with Crippen LogP contribution in [0, 0.1) is 0 Å². The molecule has 0 bridgehead atoms. The first-order valence-electron chi connectivity index (χ1n) is 10.7. The van der Waals surface area contributed by atoms with Gasteiger partial charge in [-0.25, -0.2) is 0 Å². The van der Waals surface area contributed by atoms with Gasteiger partial charge in [-0.15, -0.1) is 0 Å². The largest absolute Gasteiger partial charge is 0.330 e. The SMILES string of the molecule is OP(OC1CCCCCCCCC1)OC1CCCCCCCCC1. The smallest absolute Gasteiger partial charge is 0.328 e. The van der Waals surface area contributed by atoms with Gasteiger partial charge in [0.2, 0.25) is 0 Å². The molecule has 0 saturated heterocycles. The lowest BCUT2D eigenvalue weighted by atomic mass is 9.99. The second-order valence-electron chi connectivity index (χ2n) is 7.80. The van der Waals surface area contributed by atoms with Crippen molar-refractivity contribution in [1.29, 1.82) is 0 Å². The Bertz CT molecular complexity index is 253. The highest BCUT2D eigenvalue weighted by molar-refractivity contribution is 7.40. The third-order valence-electron chi connectivity index (χ3n) is 5.58. The fraction of sp³-hybridized carbons (Fsp3) is 1.00. The molecule has 2 rings (SSSR count). The Morgan fingerprint density at radius 1 is 0.458 bits per heavy atom. The van der Waals surface area contributed by atoms with E-state index in [0.29, 0.717) is 0 Å². The maximum absolute atomic E-state index is 10.4. The summed E-state index contributed by atoms with van der Waals surface area (Å²) in [7, 11) is -1.70. The summed E-state index contributed by atoms with van der Waals surface area (Å²) in [5.41, 5.74) is 0. The molecule has 0 unspecified atom stereocenters. The Morgan fingerprint density at radius 2 is 0.708 bits per heavy atom. The summed E-state index contributed by atoms with van der Waals surface area (Å²) in [5, 5.41) is 0. The quantitative estimate of drug-likeness (QED) is 0.548. The molecular formula is C20H39O3P. The molecule has 2 saturated carbocycles. The van der Waals surface area contributed by atoms with Crippen molar-refractivity contribution >= 4 is 8.60 Å². The molecule has 0 aromatic rings. The van der Waals surface area contributed by atoms with Crippen LogP contribution in [-0.2, 0) is 9.05 Å². The van der Waals surface area contributed by atoms with E-state index in [1.807, 2.05) is 0 Å². The summed E-state index contributed by atoms with van der Waals surface area (Å²) in [6.07, 6.45) is 23.2. The molecule has 142 valence electrons. The molecule has 2 fully saturated rings. The Hall–Kier alpha value is 0.310. The molecule has 0 aliphatic heterocycles. The van der Waals surface area contributed by atoms with E-state index in [2.05, 4.69) is 0 Å². The minimum absolute atomic E-state index is 0.207. The van der Waals surface area contributed by atoms with Crippen molar-refractivity contribution in [2.45, 2.75) is 128 Å². The number of hydrogen-bond donors (Lipinski definition) is 1. The van der Waals surface area contributed by atoms with Gasteiger partial charge in [0, 0.05) is 0 Å². The molecule has 0 atom stereocenters. The topological polar surface area (TPSA) is 38.7 Å². The number of rotatable bonds is 4. The first-order valence-corrected chi connectivity index (χ1v) is 11.8. The fourth-order valence-corrected chi connectivity index (χ4v) is 5.02. The van der Waals surface area contributed by atoms with Crippen molar-refractivity contribution < 1.29 is 13.9 Å². The third-order valence-corrected chi connectivity index (χ3v) is 6.54. The molecule has 2 aliphatic carbocycles. The average Bonchev–Trinajstić information content (AvgIpc) is 2.59. The van der Waals surface area contributed by atoms with Crippen molar-refractivity contribution in [1.82, 2.24) is 0 Å². The first kappa shape index (κ1) is 20.6. The van der Waals surface area contributed by atoms with Crippen LogP contribution in [0.4, 0.5) is 0 Å². The van der Waals surface area contributed by atoms with E-state index in [1.165, 1.54) is 89.9 Å². The maximum Gasteiger partial charge on any atom is 0.330 e. The van der Waals surface area contributed by atoms with E-state index >= 15 is 0 Å². The third kappa shape index (κ3) is 9.70. The minimum Gasteiger partial charge on any atom is -0.328 e. The van der Waals surface area contributed by atoms with Gasteiger partial charge in [-0.05, 0) is 25.7 Å². The zero-order valence-corrected chi connectivity index (χ0v) is 16.5. The van der Waals surface area contributed by atoms with Crippen molar-refractivity contribution in [3.05, 3.63) is 0 Å². The van der Waals surface area contributed by atoms with Gasteiger partial charge in [0.05, 0.1) is 12.2 Å². The van der Waals surface area contributed by atoms with Crippen LogP contribution < -0.4 is 0 Å². The molecule has 0 aromatic heterocycles. The zero-order chi connectivity index (χ0) is 16.9. The van der Waals surface area contributed by atoms with Crippen LogP contribution in [0.15, 0.2) is 0 Å². The van der Waals surface area contributed by atoms with E-state index in [9.17, 15) is 4.89 Å². The van der Waals surface area contributed by atoms with Gasteiger partial charge in [0.15, 0.2) is 0 Å². The lowest BCUT2D eigenvalue weighted by Crippen LogP contribution is -2.16. The van der Waals surface area contributed by atoms with Gasteiger partial charge in [-0.3, -0.25) is 0 Å². The summed E-state index contributed by atoms with van der Waals surface area (Å²) in [6.45, 7) is 0. The lowest BCUT2D eigenvalue weighted by Gasteiger charge is -2.25. The second kappa shape index (κ2) is 13.5. The van der Waals surface area contributed by atoms with Gasteiger partial charge in [-0.2, -0.15) is 0 Å². The molecule has 0 amide bonds. The highest BCUT2D eigenvalue weighted by Gasteiger charge is 2.21. The molecule has 24 heavy (non-hydrogen) atoms. The van der Waals surface area contributed by atoms with Gasteiger partial charge in [0.1, 0.15) is 0 Å². The lowest BCUT2D eigenvalue weighted by molar-refractivity contribution is 0.0882. The highest BCUT2D eigenvalue weighted by Crippen LogP contribution is 2.40. The van der Waals surface area contributed by atoms with E-state index in [-0.39, 0.29) is 12.2 Å². The van der Waals surface area contributed by atoms with Crippen molar-refractivity contribution in [2.24, 2.45) is 0 Å². The number of hydrogen-bond acceptors (Lipinski definition) is 3. The monoisotopic (exact) mass is 358 g/mol. The van der Waals surface area contributed by atoms with Crippen molar-refractivity contribution in [2.75, 3.05) is 0 Å². The van der Waals surface area contributed by atoms with Crippen LogP contribution in [-0.4, -0.2) is 17.1 Å². The van der Waals surface area contributed by atoms with Gasteiger partial charge in [0.25, 0.3) is 0 Å². The van der Waals surface area contributed by atoms with Gasteiger partial charge >= 0.3 is 8.60 Å². The Balaban J connectivity index is 1.70. The molecule has 0 spiro atoms. The van der Waals surface area contributed by atoms with E-state index in [0.717, 1.165) is 25.7 Å². The van der Waals surface area contributed by atoms with Gasteiger partial charge < -0.3 is 13.9 Å². The summed E-state index contributed by atoms with van der Waals surface area (Å²) < 4.78 is 11.9. The van der Waals surface area contributed by atoms with Crippen LogP contribution >= 0.6 is 8.60 Å². The predicted molar refractivity (Wildman–Crippen MR) is 102 cm³/mol. The van der Waals surface area contributed by atoms with Gasteiger partial charge in [-0.1, -0.05) is 89.9 Å². The van der Waals surface area contributed by atoms with Crippen molar-refractivity contribution in [3.63, 3.8) is 0 Å². The summed E-state index contributed by atoms with van der Waals surface area (Å²) in [5.74, 6) is 0. The Labute approximate surface area is 150 Å². The van der Waals surface area contributed by atoms with E-state index < -0.39 is 8.60 Å². The predicted octanol–water partition coefficient (Wildman–Crippen LogP) is 7.03. The molecule has 0 aromatic carbocycles. The molecule has 3 nitrogen and oxygen atoms in total. The van der Waals surface area contributed by atoms with Crippen LogP contribution in [0.25, 0.3) is 0 Å². The van der Waals surface area contributed by atoms with Crippen LogP contribution in [0.5, 0.6) is 0 Å². The average molecular weight is 359 g/mol. The Kier molecular flexibility index (Phi) is 11.6. The molecule has 0 heterocycles. The summed E-state index contributed by atoms with van der Waals surface area (Å²) in [4.78, 5) is 10.4. The molecule has 2 aliphatic rings. The summed E-state index contributed by atoms with van der Waals surface area (Å²) in [6, 6.07) is 0. The van der Waals surface area contributed by atoms with Crippen LogP contribution in [0.3, 0.4) is 0 Å². The molecule has 1 N–H and O–H groups in total. The molecule has 4 heteroatoms. The highest BCUT2D eigenvalue weighted by atomic mass is 31.2. The summed E-state index contributed by atoms with van der Waals surface area (Å²) >= 11 is 0. The van der Waals surface area contributed by atoms with Crippen LogP contribution in [0.1, 0.15) is 116 Å². The first-order chi connectivity index (χ1) is 11.8. The maximum atomic E-state index is 10.4. The van der Waals surface area contributed by atoms with Crippen molar-refractivity contribution in [3.8, 4) is 0 Å². The second-order valence-corrected chi connectivity index (χ2v) is 8.69. The Morgan fingerprint density at radius 3 is 1.00 bits per heavy atom. The van der Waals surface area contributed by atoms with Crippen LogP contribution in [0.2, 0.25) is 0 Å². The minimum atomic E-state index is -1.70. The van der Waals surface area contributed by atoms with E-state index in [4.69, 9.17) is 9.05 Å². The molecular weight excluding hydrogens is 319 g/mol. The fourth-order valence-electron chi connectivity index (χ4n) is 4.04. The standard InChI is InChI=1S/C20H39O3P/c21-24(22-19-15-11-7-3-1-4-8-12-16-19)23-20-17-13-9-5-2-6-10-14-18-20/h19-21H,1-18H2.